The number of morpholine rings is 1. The minimum absolute atomic E-state index is 0.168. The molecule has 1 saturated carbocycles. The topological polar surface area (TPSA) is 101 Å². The van der Waals surface area contributed by atoms with Crippen LogP contribution in [0.15, 0.2) is 24.3 Å². The van der Waals surface area contributed by atoms with Crippen LogP contribution in [0.1, 0.15) is 30.9 Å². The number of aliphatic hydroxyl groups is 1. The van der Waals surface area contributed by atoms with E-state index in [0.29, 0.717) is 25.2 Å². The van der Waals surface area contributed by atoms with Crippen molar-refractivity contribution in [3.05, 3.63) is 35.9 Å². The highest BCUT2D eigenvalue weighted by Gasteiger charge is 2.33. The smallest absolute Gasteiger partial charge is 0.239 e. The zero-order chi connectivity index (χ0) is 26.5. The molecule has 39 heavy (non-hydrogen) atoms. The Morgan fingerprint density at radius 3 is 2.51 bits per heavy atom. The Hall–Kier alpha value is -3.12. The summed E-state index contributed by atoms with van der Waals surface area (Å²) in [5.74, 6) is 3.33. The van der Waals surface area contributed by atoms with Crippen molar-refractivity contribution < 1.29 is 9.84 Å². The number of aliphatic hydroxyl groups excluding tert-OH is 1. The van der Waals surface area contributed by atoms with E-state index in [9.17, 15) is 5.11 Å². The van der Waals surface area contributed by atoms with Crippen molar-refractivity contribution in [3.63, 3.8) is 0 Å². The van der Waals surface area contributed by atoms with E-state index in [0.717, 1.165) is 105 Å². The third-order valence-electron chi connectivity index (χ3n) is 8.71. The van der Waals surface area contributed by atoms with Gasteiger partial charge in [0.05, 0.1) is 36.9 Å². The average molecular weight is 532 g/mol. The number of aromatic nitrogens is 6. The Kier molecular flexibility index (Phi) is 6.46. The number of ether oxygens (including phenoxy) is 1. The number of piperazine rings is 1. The molecule has 0 bridgehead atoms. The Bertz CT molecular complexity index is 1480. The van der Waals surface area contributed by atoms with Crippen LogP contribution in [0.5, 0.6) is 0 Å². The van der Waals surface area contributed by atoms with Crippen molar-refractivity contribution in [3.8, 4) is 5.95 Å². The van der Waals surface area contributed by atoms with Crippen molar-refractivity contribution >= 4 is 28.0 Å². The predicted octanol–water partition coefficient (Wildman–Crippen LogP) is 1.88. The largest absolute Gasteiger partial charge is 0.391 e. The molecular formula is C28H37N9O2. The van der Waals surface area contributed by atoms with E-state index in [4.69, 9.17) is 24.7 Å². The number of rotatable bonds is 5. The summed E-state index contributed by atoms with van der Waals surface area (Å²) < 4.78 is 9.82. The lowest BCUT2D eigenvalue weighted by Crippen LogP contribution is -2.52. The minimum Gasteiger partial charge on any atom is -0.391 e. The summed E-state index contributed by atoms with van der Waals surface area (Å²) in [5.41, 5.74) is 3.60. The normalized spacial score (nSPS) is 23.4. The van der Waals surface area contributed by atoms with Gasteiger partial charge in [-0.3, -0.25) is 14.4 Å². The molecule has 1 aliphatic carbocycles. The van der Waals surface area contributed by atoms with Crippen LogP contribution >= 0.6 is 0 Å². The van der Waals surface area contributed by atoms with Gasteiger partial charge in [-0.1, -0.05) is 12.1 Å². The maximum Gasteiger partial charge on any atom is 0.239 e. The standard InChI is InChI=1S/C28H37N9O2/c1-19-29-20-6-3-4-7-21(20)37(19)28-31-26-25(27(32-28)36-14-16-39-17-15-36)30-24(33(26)2)18-34-10-12-35(13-11-34)22-8-5-9-23(22)38/h3-4,6-7,22-23,38H,5,8-18H2,1-2H3/t22-,23+/m1/s1. The molecule has 3 aromatic heterocycles. The first-order valence-corrected chi connectivity index (χ1v) is 14.2. The highest BCUT2D eigenvalue weighted by molar-refractivity contribution is 5.86. The van der Waals surface area contributed by atoms with Crippen molar-refractivity contribution in [1.82, 2.24) is 38.9 Å². The molecule has 3 aliphatic rings. The number of benzene rings is 1. The zero-order valence-electron chi connectivity index (χ0n) is 22.8. The molecule has 3 fully saturated rings. The second kappa shape index (κ2) is 10.1. The monoisotopic (exact) mass is 531 g/mol. The molecular weight excluding hydrogens is 494 g/mol. The van der Waals surface area contributed by atoms with E-state index in [1.165, 1.54) is 0 Å². The number of nitrogens with zero attached hydrogens (tertiary/aromatic N) is 9. The minimum atomic E-state index is -0.168. The second-order valence-corrected chi connectivity index (χ2v) is 11.1. The molecule has 0 radical (unpaired) electrons. The predicted molar refractivity (Wildman–Crippen MR) is 149 cm³/mol. The first-order valence-electron chi connectivity index (χ1n) is 14.2. The maximum absolute atomic E-state index is 10.4. The van der Waals surface area contributed by atoms with Crippen LogP contribution in [0.25, 0.3) is 28.1 Å². The van der Waals surface area contributed by atoms with Gasteiger partial charge in [0.15, 0.2) is 17.0 Å². The molecule has 0 spiro atoms. The molecule has 11 heteroatoms. The third kappa shape index (κ3) is 4.47. The van der Waals surface area contributed by atoms with Crippen molar-refractivity contribution in [2.45, 2.75) is 44.9 Å². The Morgan fingerprint density at radius 2 is 1.74 bits per heavy atom. The van der Waals surface area contributed by atoms with Crippen molar-refractivity contribution in [2.24, 2.45) is 7.05 Å². The highest BCUT2D eigenvalue weighted by atomic mass is 16.5. The van der Waals surface area contributed by atoms with E-state index in [2.05, 4.69) is 32.4 Å². The van der Waals surface area contributed by atoms with Gasteiger partial charge in [-0.2, -0.15) is 9.97 Å². The number of anilines is 1. The van der Waals surface area contributed by atoms with E-state index in [1.54, 1.807) is 0 Å². The molecule has 2 aliphatic heterocycles. The van der Waals surface area contributed by atoms with Gasteiger partial charge in [0.2, 0.25) is 5.95 Å². The van der Waals surface area contributed by atoms with Crippen LogP contribution in [0.4, 0.5) is 5.82 Å². The summed E-state index contributed by atoms with van der Waals surface area (Å²) in [6, 6.07) is 8.45. The van der Waals surface area contributed by atoms with Crippen LogP contribution < -0.4 is 4.90 Å². The summed E-state index contributed by atoms with van der Waals surface area (Å²) in [5, 5.41) is 10.4. The fourth-order valence-electron chi connectivity index (χ4n) is 6.52. The van der Waals surface area contributed by atoms with Gasteiger partial charge >= 0.3 is 0 Å². The van der Waals surface area contributed by atoms with E-state index in [1.807, 2.05) is 29.7 Å². The van der Waals surface area contributed by atoms with Gasteiger partial charge in [-0.25, -0.2) is 9.97 Å². The lowest BCUT2D eigenvalue weighted by Gasteiger charge is -2.38. The van der Waals surface area contributed by atoms with Crippen molar-refractivity contribution in [1.29, 1.82) is 0 Å². The lowest BCUT2D eigenvalue weighted by atomic mass is 10.1. The SMILES string of the molecule is Cc1nc2ccccc2n1-c1nc(N2CCOCC2)c2nc(CN3CCN([C@@H]4CCC[C@@H]4O)CC3)n(C)c2n1. The van der Waals surface area contributed by atoms with Gasteiger partial charge in [-0.15, -0.1) is 0 Å². The third-order valence-corrected chi connectivity index (χ3v) is 8.71. The summed E-state index contributed by atoms with van der Waals surface area (Å²) in [6.07, 6.45) is 3.02. The van der Waals surface area contributed by atoms with E-state index in [-0.39, 0.29) is 6.10 Å². The van der Waals surface area contributed by atoms with Gasteiger partial charge in [0.25, 0.3) is 0 Å². The molecule has 1 aromatic carbocycles. The molecule has 2 saturated heterocycles. The average Bonchev–Trinajstić information content (AvgIpc) is 3.63. The van der Waals surface area contributed by atoms with Crippen LogP contribution in [0, 0.1) is 6.92 Å². The summed E-state index contributed by atoms with van der Waals surface area (Å²) in [7, 11) is 2.06. The molecule has 7 rings (SSSR count). The molecule has 0 amide bonds. The van der Waals surface area contributed by atoms with E-state index < -0.39 is 0 Å². The molecule has 11 nitrogen and oxygen atoms in total. The Labute approximate surface area is 228 Å². The van der Waals surface area contributed by atoms with Crippen LogP contribution in [-0.2, 0) is 18.3 Å². The number of aryl methyl sites for hydroxylation is 2. The van der Waals surface area contributed by atoms with Gasteiger partial charge < -0.3 is 19.3 Å². The summed E-state index contributed by atoms with van der Waals surface area (Å²) in [4.78, 5) is 27.3. The first-order chi connectivity index (χ1) is 19.1. The molecule has 206 valence electrons. The zero-order valence-corrected chi connectivity index (χ0v) is 22.8. The Morgan fingerprint density at radius 1 is 0.949 bits per heavy atom. The van der Waals surface area contributed by atoms with Crippen LogP contribution in [0.3, 0.4) is 0 Å². The molecule has 4 aromatic rings. The highest BCUT2D eigenvalue weighted by Crippen LogP contribution is 2.29. The first kappa shape index (κ1) is 24.9. The van der Waals surface area contributed by atoms with Gasteiger partial charge in [-0.05, 0) is 38.3 Å². The maximum atomic E-state index is 10.4. The fourth-order valence-corrected chi connectivity index (χ4v) is 6.52. The fraction of sp³-hybridized carbons (Fsp3) is 0.571. The lowest BCUT2D eigenvalue weighted by molar-refractivity contribution is 0.0328. The summed E-state index contributed by atoms with van der Waals surface area (Å²) >= 11 is 0. The van der Waals surface area contributed by atoms with Crippen molar-refractivity contribution in [2.75, 3.05) is 57.4 Å². The number of fused-ring (bicyclic) bond motifs is 2. The summed E-state index contributed by atoms with van der Waals surface area (Å²) in [6.45, 7) is 9.58. The molecule has 5 heterocycles. The van der Waals surface area contributed by atoms with Gasteiger partial charge in [0, 0.05) is 52.4 Å². The molecule has 2 atom stereocenters. The number of para-hydroxylation sites is 2. The van der Waals surface area contributed by atoms with Gasteiger partial charge in [0.1, 0.15) is 11.6 Å². The van der Waals surface area contributed by atoms with E-state index >= 15 is 0 Å². The number of hydrogen-bond donors (Lipinski definition) is 1. The number of hydrogen-bond acceptors (Lipinski definition) is 9. The molecule has 1 N–H and O–H groups in total. The van der Waals surface area contributed by atoms with Crippen LogP contribution in [0.2, 0.25) is 0 Å². The molecule has 0 unspecified atom stereocenters. The second-order valence-electron chi connectivity index (χ2n) is 11.1. The number of imidazole rings is 2. The van der Waals surface area contributed by atoms with Crippen LogP contribution in [-0.4, -0.2) is 109 Å². The quantitative estimate of drug-likeness (QED) is 0.414. The Balaban J connectivity index is 1.23.